The van der Waals surface area contributed by atoms with Crippen LogP contribution in [0.1, 0.15) is 86.2 Å². The predicted octanol–water partition coefficient (Wildman–Crippen LogP) is 6.24. The van der Waals surface area contributed by atoms with Gasteiger partial charge < -0.3 is 19.1 Å². The van der Waals surface area contributed by atoms with Gasteiger partial charge in [-0.2, -0.15) is 0 Å². The van der Waals surface area contributed by atoms with Crippen LogP contribution in [0.3, 0.4) is 0 Å². The quantitative estimate of drug-likeness (QED) is 0.419. The third-order valence-electron chi connectivity index (χ3n) is 6.70. The largest absolute Gasteiger partial charge is 0.493 e. The van der Waals surface area contributed by atoms with Crippen LogP contribution >= 0.6 is 0 Å². The molecule has 0 spiro atoms. The van der Waals surface area contributed by atoms with E-state index in [2.05, 4.69) is 0 Å². The number of anilines is 1. The fourth-order valence-corrected chi connectivity index (χ4v) is 4.76. The highest BCUT2D eigenvalue weighted by molar-refractivity contribution is 6.04. The Labute approximate surface area is 208 Å². The van der Waals surface area contributed by atoms with Gasteiger partial charge in [0.25, 0.3) is 5.91 Å². The molecule has 1 atom stereocenters. The lowest BCUT2D eigenvalue weighted by Crippen LogP contribution is -2.30. The highest BCUT2D eigenvalue weighted by atomic mass is 16.5. The van der Waals surface area contributed by atoms with Crippen molar-refractivity contribution in [2.45, 2.75) is 70.3 Å². The van der Waals surface area contributed by atoms with E-state index >= 15 is 0 Å². The monoisotopic (exact) mass is 479 g/mol. The van der Waals surface area contributed by atoms with E-state index in [1.54, 1.807) is 6.07 Å². The number of cyclic esters (lactones) is 1. The Kier molecular flexibility index (Phi) is 9.58. The van der Waals surface area contributed by atoms with E-state index in [-0.39, 0.29) is 11.9 Å². The van der Waals surface area contributed by atoms with E-state index in [4.69, 9.17) is 14.2 Å². The number of carbonyl (C=O) groups excluding carboxylic acids is 2. The van der Waals surface area contributed by atoms with Crippen LogP contribution < -0.4 is 9.64 Å². The summed E-state index contributed by atoms with van der Waals surface area (Å²) in [7, 11) is 0. The van der Waals surface area contributed by atoms with Gasteiger partial charge in [0.15, 0.2) is 6.10 Å². The van der Waals surface area contributed by atoms with Gasteiger partial charge in [-0.05, 0) is 43.9 Å². The lowest BCUT2D eigenvalue weighted by molar-refractivity contribution is -0.129. The van der Waals surface area contributed by atoms with E-state index in [1.165, 1.54) is 0 Å². The number of benzene rings is 2. The zero-order valence-corrected chi connectivity index (χ0v) is 20.6. The minimum absolute atomic E-state index is 0.0641. The Morgan fingerprint density at radius 1 is 0.657 bits per heavy atom. The summed E-state index contributed by atoms with van der Waals surface area (Å²) in [5.74, 6) is 0.334. The molecule has 188 valence electrons. The molecular weight excluding hydrogens is 442 g/mol. The zero-order chi connectivity index (χ0) is 24.3. The highest BCUT2D eigenvalue weighted by Crippen LogP contribution is 2.38. The molecule has 0 saturated carbocycles. The predicted molar refractivity (Wildman–Crippen MR) is 136 cm³/mol. The lowest BCUT2D eigenvalue weighted by Gasteiger charge is -2.18. The summed E-state index contributed by atoms with van der Waals surface area (Å²) in [5, 5.41) is 0. The Bertz CT molecular complexity index is 975. The first-order valence-corrected chi connectivity index (χ1v) is 13.2. The van der Waals surface area contributed by atoms with Crippen LogP contribution in [-0.2, 0) is 14.3 Å². The summed E-state index contributed by atoms with van der Waals surface area (Å²) in [6.07, 6.45) is 9.43. The number of hydrogen-bond donors (Lipinski definition) is 0. The smallest absolute Gasteiger partial charge is 0.341 e. The number of nitrogens with zero attached hydrogens (tertiary/aromatic N) is 1. The Balaban J connectivity index is 1.35. The minimum atomic E-state index is -0.476. The Hall–Kier alpha value is -2.86. The first-order valence-electron chi connectivity index (χ1n) is 13.2. The van der Waals surface area contributed by atoms with E-state index in [9.17, 15) is 9.59 Å². The van der Waals surface area contributed by atoms with Crippen LogP contribution in [-0.4, -0.2) is 38.2 Å². The van der Waals surface area contributed by atoms with Gasteiger partial charge >= 0.3 is 5.97 Å². The molecule has 2 bridgehead atoms. The topological polar surface area (TPSA) is 65.1 Å². The van der Waals surface area contributed by atoms with Crippen LogP contribution in [0.15, 0.2) is 48.5 Å². The number of para-hydroxylation sites is 2. The molecule has 4 rings (SSSR count). The molecule has 2 aromatic carbocycles. The molecule has 0 N–H and O–H groups in total. The second-order valence-corrected chi connectivity index (χ2v) is 9.32. The van der Waals surface area contributed by atoms with Crippen molar-refractivity contribution in [3.05, 3.63) is 59.7 Å². The number of hydrogen-bond acceptors (Lipinski definition) is 5. The van der Waals surface area contributed by atoms with Gasteiger partial charge in [-0.25, -0.2) is 4.79 Å². The zero-order valence-electron chi connectivity index (χ0n) is 20.6. The fourth-order valence-electron chi connectivity index (χ4n) is 4.76. The van der Waals surface area contributed by atoms with Gasteiger partial charge in [-0.15, -0.1) is 0 Å². The van der Waals surface area contributed by atoms with E-state index in [1.807, 2.05) is 47.4 Å². The molecular formula is C29H37NO5. The average molecular weight is 480 g/mol. The lowest BCUT2D eigenvalue weighted by atomic mass is 10.1. The minimum Gasteiger partial charge on any atom is -0.493 e. The van der Waals surface area contributed by atoms with Gasteiger partial charge in [-0.3, -0.25) is 4.79 Å². The van der Waals surface area contributed by atoms with Crippen molar-refractivity contribution < 1.29 is 23.8 Å². The number of amides is 1. The van der Waals surface area contributed by atoms with E-state index in [0.29, 0.717) is 37.7 Å². The van der Waals surface area contributed by atoms with Gasteiger partial charge in [0, 0.05) is 18.7 Å². The standard InChI is InChI=1S/C29H37NO5/c31-28-27-23-15-7-9-17-25(23)30(28)19-11-3-6-12-20-33-26-18-10-8-16-24(26)29(32)35-22-14-5-2-1-4-13-21-34-27/h7-10,15-18,27H,1-6,11-14,19-22H2/t27-/m1/s1. The number of rotatable bonds is 0. The highest BCUT2D eigenvalue weighted by Gasteiger charge is 2.37. The van der Waals surface area contributed by atoms with Crippen LogP contribution in [0.5, 0.6) is 5.75 Å². The SMILES string of the molecule is O=C1OCCCCCCCCO[C@H]2C(=O)N(CCCCCCOc3ccccc31)c1ccccc12. The summed E-state index contributed by atoms with van der Waals surface area (Å²) in [4.78, 5) is 27.5. The molecule has 6 heteroatoms. The van der Waals surface area contributed by atoms with Crippen LogP contribution in [0.25, 0.3) is 0 Å². The summed E-state index contributed by atoms with van der Waals surface area (Å²) in [6, 6.07) is 15.3. The molecule has 2 aromatic rings. The van der Waals surface area contributed by atoms with Crippen molar-refractivity contribution >= 4 is 17.6 Å². The summed E-state index contributed by atoms with van der Waals surface area (Å²) >= 11 is 0. The third-order valence-corrected chi connectivity index (χ3v) is 6.70. The number of carbonyl (C=O) groups is 2. The van der Waals surface area contributed by atoms with Crippen molar-refractivity contribution in [2.24, 2.45) is 0 Å². The van der Waals surface area contributed by atoms with Crippen LogP contribution in [0.4, 0.5) is 5.69 Å². The van der Waals surface area contributed by atoms with E-state index < -0.39 is 6.10 Å². The van der Waals surface area contributed by atoms with Crippen molar-refractivity contribution in [3.8, 4) is 5.75 Å². The molecule has 2 aliphatic rings. The molecule has 0 radical (unpaired) electrons. The molecule has 0 saturated heterocycles. The Morgan fingerprint density at radius 3 is 2.11 bits per heavy atom. The fraction of sp³-hybridized carbons (Fsp3) is 0.517. The molecule has 1 amide bonds. The molecule has 0 aliphatic carbocycles. The molecule has 0 aromatic heterocycles. The molecule has 0 unspecified atom stereocenters. The summed E-state index contributed by atoms with van der Waals surface area (Å²) < 4.78 is 17.5. The Morgan fingerprint density at radius 2 is 1.29 bits per heavy atom. The number of ether oxygens (including phenoxy) is 3. The second-order valence-electron chi connectivity index (χ2n) is 9.32. The van der Waals surface area contributed by atoms with Gasteiger partial charge in [0.2, 0.25) is 0 Å². The van der Waals surface area contributed by atoms with Gasteiger partial charge in [0.05, 0.1) is 18.9 Å². The molecule has 6 nitrogen and oxygen atoms in total. The summed E-state index contributed by atoms with van der Waals surface area (Å²) in [6.45, 7) is 2.27. The van der Waals surface area contributed by atoms with Crippen molar-refractivity contribution in [3.63, 3.8) is 0 Å². The average Bonchev–Trinajstić information content (AvgIpc) is 3.14. The van der Waals surface area contributed by atoms with Crippen molar-refractivity contribution in [1.29, 1.82) is 0 Å². The number of fused-ring (bicyclic) bond motifs is 6. The van der Waals surface area contributed by atoms with Crippen molar-refractivity contribution in [2.75, 3.05) is 31.3 Å². The first-order chi connectivity index (χ1) is 17.3. The molecule has 2 heterocycles. The van der Waals surface area contributed by atoms with Gasteiger partial charge in [-0.1, -0.05) is 68.9 Å². The summed E-state index contributed by atoms with van der Waals surface area (Å²) in [5.41, 5.74) is 2.48. The molecule has 2 aliphatic heterocycles. The van der Waals surface area contributed by atoms with Crippen LogP contribution in [0, 0.1) is 0 Å². The normalized spacial score (nSPS) is 21.4. The first kappa shape index (κ1) is 25.2. The second kappa shape index (κ2) is 13.3. The van der Waals surface area contributed by atoms with Crippen LogP contribution in [0.2, 0.25) is 0 Å². The maximum Gasteiger partial charge on any atom is 0.341 e. The van der Waals surface area contributed by atoms with E-state index in [0.717, 1.165) is 75.5 Å². The maximum atomic E-state index is 13.1. The maximum absolute atomic E-state index is 13.1. The van der Waals surface area contributed by atoms with Crippen molar-refractivity contribution in [1.82, 2.24) is 0 Å². The third kappa shape index (κ3) is 6.85. The molecule has 35 heavy (non-hydrogen) atoms. The van der Waals surface area contributed by atoms with Gasteiger partial charge in [0.1, 0.15) is 11.3 Å². The molecule has 0 fully saturated rings. The number of esters is 1.